The first kappa shape index (κ1) is 14.0. The highest BCUT2D eigenvalue weighted by molar-refractivity contribution is 5.85. The van der Waals surface area contributed by atoms with E-state index in [1.807, 2.05) is 0 Å². The second-order valence-corrected chi connectivity index (χ2v) is 4.37. The fourth-order valence-electron chi connectivity index (χ4n) is 1.79. The monoisotopic (exact) mass is 278 g/mol. The van der Waals surface area contributed by atoms with Crippen LogP contribution in [0.5, 0.6) is 0 Å². The molecule has 2 N–H and O–H groups in total. The third kappa shape index (κ3) is 3.55. The van der Waals surface area contributed by atoms with Gasteiger partial charge in [-0.25, -0.2) is 4.79 Å². The van der Waals surface area contributed by atoms with Crippen molar-refractivity contribution in [1.82, 2.24) is 0 Å². The van der Waals surface area contributed by atoms with Crippen LogP contribution >= 0.6 is 0 Å². The van der Waals surface area contributed by atoms with Gasteiger partial charge in [0.15, 0.2) is 0 Å². The molecule has 1 fully saturated rings. The van der Waals surface area contributed by atoms with Crippen LogP contribution in [0.25, 0.3) is 6.08 Å². The van der Waals surface area contributed by atoms with Crippen LogP contribution in [0.1, 0.15) is 12.0 Å². The van der Waals surface area contributed by atoms with E-state index in [1.54, 1.807) is 12.1 Å². The van der Waals surface area contributed by atoms with E-state index >= 15 is 0 Å². The molecule has 0 amide bonds. The molecule has 106 valence electrons. The van der Waals surface area contributed by atoms with Crippen molar-refractivity contribution in [3.05, 3.63) is 40.0 Å². The van der Waals surface area contributed by atoms with Crippen LogP contribution in [0.4, 0.5) is 11.4 Å². The van der Waals surface area contributed by atoms with Gasteiger partial charge in [-0.3, -0.25) is 10.1 Å². The molecule has 0 spiro atoms. The Bertz CT molecular complexity index is 552. The van der Waals surface area contributed by atoms with Crippen LogP contribution in [0.15, 0.2) is 24.3 Å². The van der Waals surface area contributed by atoms with Gasteiger partial charge in [0, 0.05) is 25.3 Å². The van der Waals surface area contributed by atoms with Crippen LogP contribution in [-0.2, 0) is 9.53 Å². The zero-order chi connectivity index (χ0) is 14.5. The first-order chi connectivity index (χ1) is 9.56. The van der Waals surface area contributed by atoms with E-state index in [0.29, 0.717) is 17.8 Å². The summed E-state index contributed by atoms with van der Waals surface area (Å²) < 4.78 is 5.23. The number of carbonyl (C=O) groups is 1. The first-order valence-corrected chi connectivity index (χ1v) is 6.11. The van der Waals surface area contributed by atoms with E-state index in [9.17, 15) is 14.9 Å². The molecule has 7 heteroatoms. The number of nitrogens with one attached hydrogen (secondary N) is 1. The van der Waals surface area contributed by atoms with Crippen molar-refractivity contribution in [2.45, 2.75) is 12.5 Å². The molecule has 1 aromatic carbocycles. The lowest BCUT2D eigenvalue weighted by Gasteiger charge is -2.26. The predicted octanol–water partition coefficient (Wildman–Crippen LogP) is 1.89. The van der Waals surface area contributed by atoms with Crippen molar-refractivity contribution in [3.63, 3.8) is 0 Å². The van der Waals surface area contributed by atoms with Gasteiger partial charge >= 0.3 is 5.97 Å². The molecule has 1 atom stereocenters. The average Bonchev–Trinajstić information content (AvgIpc) is 2.35. The van der Waals surface area contributed by atoms with Gasteiger partial charge < -0.3 is 15.2 Å². The van der Waals surface area contributed by atoms with E-state index in [0.717, 1.165) is 19.1 Å². The largest absolute Gasteiger partial charge is 0.478 e. The lowest BCUT2D eigenvalue weighted by atomic mass is 10.1. The lowest BCUT2D eigenvalue weighted by Crippen LogP contribution is -2.33. The summed E-state index contributed by atoms with van der Waals surface area (Å²) in [6, 6.07) is 4.53. The molecule has 0 aliphatic carbocycles. The van der Waals surface area contributed by atoms with Crippen LogP contribution in [-0.4, -0.2) is 35.3 Å². The summed E-state index contributed by atoms with van der Waals surface area (Å²) in [5.74, 6) is -1.10. The minimum atomic E-state index is -1.10. The van der Waals surface area contributed by atoms with Crippen LogP contribution in [0.2, 0.25) is 0 Å². The molecule has 7 nitrogen and oxygen atoms in total. The van der Waals surface area contributed by atoms with E-state index in [-0.39, 0.29) is 11.8 Å². The smallest absolute Gasteiger partial charge is 0.328 e. The third-order valence-corrected chi connectivity index (χ3v) is 2.95. The van der Waals surface area contributed by atoms with Crippen molar-refractivity contribution in [3.8, 4) is 0 Å². The summed E-state index contributed by atoms with van der Waals surface area (Å²) in [7, 11) is 0. The Morgan fingerprint density at radius 3 is 2.90 bits per heavy atom. The molecule has 0 bridgehead atoms. The zero-order valence-electron chi connectivity index (χ0n) is 10.6. The first-order valence-electron chi connectivity index (χ1n) is 6.11. The number of carboxylic acid groups (broad SMARTS) is 1. The number of aliphatic carboxylic acids is 1. The Balaban J connectivity index is 2.14. The number of anilines is 1. The van der Waals surface area contributed by atoms with E-state index < -0.39 is 10.9 Å². The van der Waals surface area contributed by atoms with Crippen molar-refractivity contribution < 1.29 is 19.6 Å². The number of benzene rings is 1. The standard InChI is InChI=1S/C13H14N2O5/c16-13(17)4-2-9-1-3-11(12(7-9)15(18)19)14-8-10-5-6-20-10/h1-4,7,10,14H,5-6,8H2,(H,16,17)/b4-2+/t10-/m0/s1. The number of hydrogen-bond acceptors (Lipinski definition) is 5. The fraction of sp³-hybridized carbons (Fsp3) is 0.308. The highest BCUT2D eigenvalue weighted by atomic mass is 16.6. The Kier molecular flexibility index (Phi) is 4.31. The SMILES string of the molecule is O=C(O)/C=C/c1ccc(NC[C@@H]2CCO2)c([N+](=O)[O-])c1. The molecule has 1 aliphatic rings. The van der Waals surface area contributed by atoms with Gasteiger partial charge in [-0.15, -0.1) is 0 Å². The molecular formula is C13H14N2O5. The predicted molar refractivity (Wildman–Crippen MR) is 72.6 cm³/mol. The second kappa shape index (κ2) is 6.16. The van der Waals surface area contributed by atoms with Crippen molar-refractivity contribution >= 4 is 23.4 Å². The van der Waals surface area contributed by atoms with Crippen LogP contribution in [0.3, 0.4) is 0 Å². The number of nitro groups is 1. The number of nitrogens with zero attached hydrogens (tertiary/aromatic N) is 1. The van der Waals surface area contributed by atoms with Gasteiger partial charge in [-0.2, -0.15) is 0 Å². The van der Waals surface area contributed by atoms with Crippen molar-refractivity contribution in [1.29, 1.82) is 0 Å². The number of hydrogen-bond donors (Lipinski definition) is 2. The molecule has 2 rings (SSSR count). The molecule has 20 heavy (non-hydrogen) atoms. The molecule has 1 aromatic rings. The van der Waals surface area contributed by atoms with E-state index in [2.05, 4.69) is 5.32 Å². The fourth-order valence-corrected chi connectivity index (χ4v) is 1.79. The van der Waals surface area contributed by atoms with Crippen LogP contribution < -0.4 is 5.32 Å². The lowest BCUT2D eigenvalue weighted by molar-refractivity contribution is -0.384. The number of rotatable bonds is 6. The van der Waals surface area contributed by atoms with Gasteiger partial charge in [0.05, 0.1) is 11.0 Å². The van der Waals surface area contributed by atoms with Gasteiger partial charge in [0.2, 0.25) is 0 Å². The Morgan fingerprint density at radius 2 is 2.35 bits per heavy atom. The minimum Gasteiger partial charge on any atom is -0.478 e. The number of carboxylic acids is 1. The van der Waals surface area contributed by atoms with E-state index in [4.69, 9.17) is 9.84 Å². The Morgan fingerprint density at radius 1 is 1.60 bits per heavy atom. The maximum atomic E-state index is 11.0. The molecule has 0 unspecified atom stereocenters. The average molecular weight is 278 g/mol. The Labute approximate surface area is 115 Å². The van der Waals surface area contributed by atoms with Gasteiger partial charge in [0.1, 0.15) is 5.69 Å². The molecule has 1 heterocycles. The highest BCUT2D eigenvalue weighted by Crippen LogP contribution is 2.26. The maximum Gasteiger partial charge on any atom is 0.328 e. The minimum absolute atomic E-state index is 0.0862. The van der Waals surface area contributed by atoms with Crippen molar-refractivity contribution in [2.75, 3.05) is 18.5 Å². The second-order valence-electron chi connectivity index (χ2n) is 4.37. The molecule has 0 saturated carbocycles. The molecular weight excluding hydrogens is 264 g/mol. The van der Waals surface area contributed by atoms with Gasteiger partial charge in [-0.1, -0.05) is 6.07 Å². The summed E-state index contributed by atoms with van der Waals surface area (Å²) >= 11 is 0. The third-order valence-electron chi connectivity index (χ3n) is 2.95. The summed E-state index contributed by atoms with van der Waals surface area (Å²) in [6.45, 7) is 1.25. The van der Waals surface area contributed by atoms with Gasteiger partial charge in [-0.05, 0) is 24.1 Å². The van der Waals surface area contributed by atoms with Crippen LogP contribution in [0, 0.1) is 10.1 Å². The normalized spacial score (nSPS) is 17.7. The topological polar surface area (TPSA) is 102 Å². The quantitative estimate of drug-likeness (QED) is 0.468. The number of nitro benzene ring substituents is 1. The van der Waals surface area contributed by atoms with Gasteiger partial charge in [0.25, 0.3) is 5.69 Å². The zero-order valence-corrected chi connectivity index (χ0v) is 10.6. The van der Waals surface area contributed by atoms with E-state index in [1.165, 1.54) is 12.1 Å². The highest BCUT2D eigenvalue weighted by Gasteiger charge is 2.20. The number of ether oxygens (including phenoxy) is 1. The van der Waals surface area contributed by atoms with Crippen molar-refractivity contribution in [2.24, 2.45) is 0 Å². The summed E-state index contributed by atoms with van der Waals surface area (Å²) in [5.41, 5.74) is 0.777. The summed E-state index contributed by atoms with van der Waals surface area (Å²) in [5, 5.41) is 22.6. The summed E-state index contributed by atoms with van der Waals surface area (Å²) in [4.78, 5) is 21.0. The maximum absolute atomic E-state index is 11.0. The Hall–Kier alpha value is -2.41. The summed E-state index contributed by atoms with van der Waals surface area (Å²) in [6.07, 6.45) is 3.30. The molecule has 0 radical (unpaired) electrons. The molecule has 1 aliphatic heterocycles. The molecule has 0 aromatic heterocycles. The molecule has 1 saturated heterocycles.